The van der Waals surface area contributed by atoms with E-state index in [0.29, 0.717) is 49.9 Å². The van der Waals surface area contributed by atoms with Gasteiger partial charge in [0, 0.05) is 43.7 Å². The summed E-state index contributed by atoms with van der Waals surface area (Å²) < 4.78 is 5.31. The number of carbonyl (C=O) groups is 2. The summed E-state index contributed by atoms with van der Waals surface area (Å²) in [7, 11) is 0. The van der Waals surface area contributed by atoms with Gasteiger partial charge in [-0.2, -0.15) is 5.26 Å². The standard InChI is InChI=1S/C29H31N5O3/c1-2-22-13-20(9-10-31-22)24-14-21(16-30)29(32-28(24)19-5-6-19)33-11-12-34(25(17-33)18-3-4-18)26(35)15-23-7-8-27(36)37-23/h2,9-10,13-14,18-19,23,25H,1,3-8,11-12,15,17H2. The number of rotatable bonds is 7. The summed E-state index contributed by atoms with van der Waals surface area (Å²) in [5.74, 6) is 1.46. The molecule has 8 heteroatoms. The molecule has 6 rings (SSSR count). The molecule has 0 radical (unpaired) electrons. The molecule has 2 aliphatic heterocycles. The van der Waals surface area contributed by atoms with E-state index in [1.54, 1.807) is 12.3 Å². The molecule has 2 saturated carbocycles. The van der Waals surface area contributed by atoms with Crippen LogP contribution in [-0.2, 0) is 14.3 Å². The first-order valence-corrected chi connectivity index (χ1v) is 13.3. The van der Waals surface area contributed by atoms with Gasteiger partial charge in [-0.25, -0.2) is 4.98 Å². The van der Waals surface area contributed by atoms with Gasteiger partial charge in [0.1, 0.15) is 18.0 Å². The van der Waals surface area contributed by atoms with Crippen LogP contribution < -0.4 is 4.90 Å². The number of nitrogens with zero attached hydrogens (tertiary/aromatic N) is 5. The van der Waals surface area contributed by atoms with E-state index in [9.17, 15) is 14.9 Å². The topological polar surface area (TPSA) is 99.4 Å². The predicted octanol–water partition coefficient (Wildman–Crippen LogP) is 4.06. The number of pyridine rings is 2. The van der Waals surface area contributed by atoms with Gasteiger partial charge < -0.3 is 14.5 Å². The number of hydrogen-bond donors (Lipinski definition) is 0. The van der Waals surface area contributed by atoms with E-state index in [1.807, 2.05) is 23.1 Å². The smallest absolute Gasteiger partial charge is 0.306 e. The van der Waals surface area contributed by atoms with E-state index in [-0.39, 0.29) is 30.4 Å². The molecule has 0 bridgehead atoms. The lowest BCUT2D eigenvalue weighted by molar-refractivity contribution is -0.144. The summed E-state index contributed by atoms with van der Waals surface area (Å²) in [6.07, 6.45) is 8.90. The summed E-state index contributed by atoms with van der Waals surface area (Å²) >= 11 is 0. The third-order valence-electron chi connectivity index (χ3n) is 7.99. The molecular weight excluding hydrogens is 466 g/mol. The number of anilines is 1. The van der Waals surface area contributed by atoms with Crippen molar-refractivity contribution in [1.82, 2.24) is 14.9 Å². The number of hydrogen-bond acceptors (Lipinski definition) is 7. The zero-order valence-electron chi connectivity index (χ0n) is 20.9. The minimum absolute atomic E-state index is 0.0643. The highest BCUT2D eigenvalue weighted by Crippen LogP contribution is 2.45. The fraction of sp³-hybridized carbons (Fsp3) is 0.483. The van der Waals surface area contributed by atoms with Crippen LogP contribution in [0.5, 0.6) is 0 Å². The summed E-state index contributed by atoms with van der Waals surface area (Å²) in [6.45, 7) is 5.71. The predicted molar refractivity (Wildman–Crippen MR) is 138 cm³/mol. The van der Waals surface area contributed by atoms with Crippen LogP contribution in [0, 0.1) is 17.2 Å². The highest BCUT2D eigenvalue weighted by molar-refractivity contribution is 5.79. The third kappa shape index (κ3) is 4.83. The molecule has 4 aliphatic rings. The molecule has 4 fully saturated rings. The van der Waals surface area contributed by atoms with Crippen LogP contribution >= 0.6 is 0 Å². The Kier molecular flexibility index (Phi) is 6.15. The number of amides is 1. The van der Waals surface area contributed by atoms with Crippen LogP contribution in [0.15, 0.2) is 31.0 Å². The lowest BCUT2D eigenvalue weighted by atomic mass is 9.98. The van der Waals surface area contributed by atoms with Crippen molar-refractivity contribution < 1.29 is 14.3 Å². The summed E-state index contributed by atoms with van der Waals surface area (Å²) in [5.41, 5.74) is 4.39. The molecule has 2 unspecified atom stereocenters. The van der Waals surface area contributed by atoms with E-state index >= 15 is 0 Å². The zero-order chi connectivity index (χ0) is 25.5. The molecule has 4 heterocycles. The van der Waals surface area contributed by atoms with Gasteiger partial charge in [-0.05, 0) is 67.9 Å². The minimum Gasteiger partial charge on any atom is -0.462 e. The molecule has 190 valence electrons. The maximum Gasteiger partial charge on any atom is 0.306 e. The SMILES string of the molecule is C=Cc1cc(-c2cc(C#N)c(N3CCN(C(=O)CC4CCC(=O)O4)C(C4CC4)C3)nc2C2CC2)ccn1. The summed E-state index contributed by atoms with van der Waals surface area (Å²) in [6, 6.07) is 8.42. The molecular formula is C29H31N5O3. The van der Waals surface area contributed by atoms with E-state index in [1.165, 1.54) is 0 Å². The van der Waals surface area contributed by atoms with Gasteiger partial charge in [-0.3, -0.25) is 14.6 Å². The first-order valence-electron chi connectivity index (χ1n) is 13.3. The lowest BCUT2D eigenvalue weighted by Gasteiger charge is -2.43. The Morgan fingerprint density at radius 2 is 2.05 bits per heavy atom. The van der Waals surface area contributed by atoms with Crippen LogP contribution in [0.1, 0.15) is 67.8 Å². The molecule has 2 aromatic rings. The maximum atomic E-state index is 13.2. The molecule has 0 aromatic carbocycles. The fourth-order valence-corrected chi connectivity index (χ4v) is 5.70. The second-order valence-corrected chi connectivity index (χ2v) is 10.6. The van der Waals surface area contributed by atoms with Crippen molar-refractivity contribution in [2.75, 3.05) is 24.5 Å². The largest absolute Gasteiger partial charge is 0.462 e. The molecule has 8 nitrogen and oxygen atoms in total. The number of carbonyl (C=O) groups excluding carboxylic acids is 2. The van der Waals surface area contributed by atoms with Crippen LogP contribution in [-0.4, -0.2) is 58.5 Å². The van der Waals surface area contributed by atoms with Gasteiger partial charge in [0.2, 0.25) is 5.91 Å². The van der Waals surface area contributed by atoms with Gasteiger partial charge >= 0.3 is 5.97 Å². The van der Waals surface area contributed by atoms with Crippen molar-refractivity contribution in [2.24, 2.45) is 5.92 Å². The van der Waals surface area contributed by atoms with Gasteiger partial charge in [-0.15, -0.1) is 0 Å². The summed E-state index contributed by atoms with van der Waals surface area (Å²) in [4.78, 5) is 38.4. The number of piperazine rings is 1. The monoisotopic (exact) mass is 497 g/mol. The first kappa shape index (κ1) is 23.7. The van der Waals surface area contributed by atoms with Gasteiger partial charge in [0.05, 0.1) is 29.4 Å². The Labute approximate surface area is 216 Å². The van der Waals surface area contributed by atoms with E-state index in [2.05, 4.69) is 22.5 Å². The van der Waals surface area contributed by atoms with Gasteiger partial charge in [0.25, 0.3) is 0 Å². The molecule has 2 saturated heterocycles. The molecule has 0 N–H and O–H groups in total. The Balaban J connectivity index is 1.27. The Bertz CT molecular complexity index is 1290. The van der Waals surface area contributed by atoms with Gasteiger partial charge in [0.15, 0.2) is 0 Å². The van der Waals surface area contributed by atoms with Crippen LogP contribution in [0.25, 0.3) is 17.2 Å². The number of nitriles is 1. The molecule has 37 heavy (non-hydrogen) atoms. The zero-order valence-corrected chi connectivity index (χ0v) is 20.9. The second kappa shape index (κ2) is 9.62. The minimum atomic E-state index is -0.298. The number of ether oxygens (including phenoxy) is 1. The quantitative estimate of drug-likeness (QED) is 0.532. The van der Waals surface area contributed by atoms with Crippen molar-refractivity contribution in [3.8, 4) is 17.2 Å². The van der Waals surface area contributed by atoms with E-state index in [0.717, 1.165) is 54.0 Å². The number of esters is 1. The highest BCUT2D eigenvalue weighted by atomic mass is 16.5. The molecule has 2 aromatic heterocycles. The third-order valence-corrected chi connectivity index (χ3v) is 7.99. The van der Waals surface area contributed by atoms with Gasteiger partial charge in [-0.1, -0.05) is 6.58 Å². The second-order valence-electron chi connectivity index (χ2n) is 10.6. The number of aromatic nitrogens is 2. The Morgan fingerprint density at radius 3 is 2.73 bits per heavy atom. The lowest BCUT2D eigenvalue weighted by Crippen LogP contribution is -2.57. The Morgan fingerprint density at radius 1 is 1.22 bits per heavy atom. The van der Waals surface area contributed by atoms with Crippen molar-refractivity contribution in [3.05, 3.63) is 47.9 Å². The maximum absolute atomic E-state index is 13.2. The Hall–Kier alpha value is -3.73. The average molecular weight is 498 g/mol. The van der Waals surface area contributed by atoms with E-state index in [4.69, 9.17) is 9.72 Å². The van der Waals surface area contributed by atoms with Crippen molar-refractivity contribution in [2.45, 2.75) is 63.0 Å². The highest BCUT2D eigenvalue weighted by Gasteiger charge is 2.42. The molecule has 1 amide bonds. The van der Waals surface area contributed by atoms with Crippen molar-refractivity contribution >= 4 is 23.8 Å². The van der Waals surface area contributed by atoms with Crippen LogP contribution in [0.4, 0.5) is 5.82 Å². The summed E-state index contributed by atoms with van der Waals surface area (Å²) in [5, 5.41) is 10.1. The molecule has 2 aliphatic carbocycles. The van der Waals surface area contributed by atoms with Crippen LogP contribution in [0.2, 0.25) is 0 Å². The van der Waals surface area contributed by atoms with Crippen molar-refractivity contribution in [1.29, 1.82) is 5.26 Å². The molecule has 2 atom stereocenters. The number of cyclic esters (lactones) is 1. The molecule has 0 spiro atoms. The first-order chi connectivity index (χ1) is 18.0. The normalized spacial score (nSPS) is 23.5. The van der Waals surface area contributed by atoms with Crippen LogP contribution in [0.3, 0.4) is 0 Å². The fourth-order valence-electron chi connectivity index (χ4n) is 5.70. The van der Waals surface area contributed by atoms with E-state index < -0.39 is 0 Å². The average Bonchev–Trinajstić information content (AvgIpc) is 3.86. The van der Waals surface area contributed by atoms with Crippen molar-refractivity contribution in [3.63, 3.8) is 0 Å².